The Balaban J connectivity index is 2.35. The largest absolute Gasteiger partial charge is 0.445 e. The van der Waals surface area contributed by atoms with Gasteiger partial charge in [-0.1, -0.05) is 36.4 Å². The molecule has 0 heterocycles. The van der Waals surface area contributed by atoms with Gasteiger partial charge in [-0.25, -0.2) is 0 Å². The fraction of sp³-hybridized carbons (Fsp3) is 0.200. The predicted molar refractivity (Wildman–Crippen MR) is 52.9 cm³/mol. The topological polar surface area (TPSA) is 0 Å². The van der Waals surface area contributed by atoms with Crippen LogP contribution in [-0.2, 0) is 6.42 Å². The van der Waals surface area contributed by atoms with Crippen LogP contribution in [-0.4, -0.2) is 5.51 Å². The van der Waals surface area contributed by atoms with Crippen LogP contribution in [0.3, 0.4) is 0 Å². The number of rotatable bonds is 3. The van der Waals surface area contributed by atoms with Crippen molar-refractivity contribution < 1.29 is 13.2 Å². The third-order valence-corrected chi connectivity index (χ3v) is 2.09. The molecule has 0 N–H and O–H groups in total. The highest BCUT2D eigenvalue weighted by Crippen LogP contribution is 2.30. The van der Waals surface area contributed by atoms with Crippen molar-refractivity contribution in [2.75, 3.05) is 0 Å². The van der Waals surface area contributed by atoms with E-state index in [0.29, 0.717) is 6.42 Å². The van der Waals surface area contributed by atoms with E-state index in [9.17, 15) is 13.2 Å². The zero-order valence-electron chi connectivity index (χ0n) is 7.29. The zero-order valence-corrected chi connectivity index (χ0v) is 8.11. The molecule has 4 heteroatoms. The summed E-state index contributed by atoms with van der Waals surface area (Å²) in [6.07, 6.45) is 2.04. The highest BCUT2D eigenvalue weighted by atomic mass is 32.2. The van der Waals surface area contributed by atoms with Crippen LogP contribution in [0.4, 0.5) is 13.2 Å². The SMILES string of the molecule is FC(F)(F)S/C=C/Cc1ccccc1. The van der Waals surface area contributed by atoms with Gasteiger partial charge in [0.05, 0.1) is 0 Å². The van der Waals surface area contributed by atoms with E-state index in [4.69, 9.17) is 0 Å². The van der Waals surface area contributed by atoms with E-state index in [1.807, 2.05) is 30.3 Å². The summed E-state index contributed by atoms with van der Waals surface area (Å²) in [6, 6.07) is 9.35. The number of alkyl halides is 3. The third-order valence-electron chi connectivity index (χ3n) is 1.49. The summed E-state index contributed by atoms with van der Waals surface area (Å²) >= 11 is -0.128. The first-order chi connectivity index (χ1) is 6.58. The maximum atomic E-state index is 11.7. The van der Waals surface area contributed by atoms with Gasteiger partial charge in [0.15, 0.2) is 0 Å². The second-order valence-electron chi connectivity index (χ2n) is 2.63. The Labute approximate surface area is 84.8 Å². The smallest absolute Gasteiger partial charge is 0.160 e. The molecule has 0 atom stereocenters. The third kappa shape index (κ3) is 4.97. The van der Waals surface area contributed by atoms with E-state index < -0.39 is 5.51 Å². The van der Waals surface area contributed by atoms with Gasteiger partial charge >= 0.3 is 5.51 Å². The van der Waals surface area contributed by atoms with Crippen LogP contribution in [0.5, 0.6) is 0 Å². The van der Waals surface area contributed by atoms with Gasteiger partial charge in [0, 0.05) is 0 Å². The molecule has 0 aliphatic heterocycles. The molecule has 0 bridgehead atoms. The molecule has 0 aliphatic rings. The van der Waals surface area contributed by atoms with Crippen LogP contribution in [0.1, 0.15) is 5.56 Å². The average Bonchev–Trinajstić information content (AvgIpc) is 2.13. The van der Waals surface area contributed by atoms with E-state index in [0.717, 1.165) is 11.0 Å². The van der Waals surface area contributed by atoms with Gasteiger partial charge in [-0.15, -0.1) is 0 Å². The molecule has 0 nitrogen and oxygen atoms in total. The van der Waals surface area contributed by atoms with Crippen LogP contribution in [0.25, 0.3) is 0 Å². The van der Waals surface area contributed by atoms with Crippen molar-refractivity contribution in [3.05, 3.63) is 47.4 Å². The van der Waals surface area contributed by atoms with Gasteiger partial charge in [-0.05, 0) is 29.2 Å². The van der Waals surface area contributed by atoms with Crippen LogP contribution in [0.2, 0.25) is 0 Å². The first-order valence-corrected chi connectivity index (χ1v) is 4.89. The summed E-state index contributed by atoms with van der Waals surface area (Å²) in [5, 5.41) is 1.08. The molecule has 0 saturated heterocycles. The van der Waals surface area contributed by atoms with Crippen molar-refractivity contribution in [1.29, 1.82) is 0 Å². The Morgan fingerprint density at radius 2 is 1.79 bits per heavy atom. The van der Waals surface area contributed by atoms with Crippen LogP contribution >= 0.6 is 11.8 Å². The van der Waals surface area contributed by atoms with Crippen LogP contribution in [0.15, 0.2) is 41.8 Å². The molecule has 0 aliphatic carbocycles. The van der Waals surface area contributed by atoms with Crippen molar-refractivity contribution in [3.63, 3.8) is 0 Å². The van der Waals surface area contributed by atoms with E-state index >= 15 is 0 Å². The number of hydrogen-bond donors (Lipinski definition) is 0. The lowest BCUT2D eigenvalue weighted by atomic mass is 10.2. The molecule has 0 unspecified atom stereocenters. The highest BCUT2D eigenvalue weighted by molar-refractivity contribution is 8.02. The number of halogens is 3. The minimum atomic E-state index is -4.17. The van der Waals surface area contributed by atoms with Crippen molar-refractivity contribution in [1.82, 2.24) is 0 Å². The Morgan fingerprint density at radius 3 is 2.36 bits per heavy atom. The summed E-state index contributed by atoms with van der Waals surface area (Å²) in [5.41, 5.74) is -3.17. The van der Waals surface area contributed by atoms with Crippen molar-refractivity contribution in [3.8, 4) is 0 Å². The van der Waals surface area contributed by atoms with Gasteiger partial charge < -0.3 is 0 Å². The second-order valence-corrected chi connectivity index (χ2v) is 3.60. The zero-order chi connectivity index (χ0) is 10.4. The Hall–Kier alpha value is -0.900. The first kappa shape index (κ1) is 11.2. The Bertz CT molecular complexity index is 290. The minimum absolute atomic E-state index is 0.128. The molecule has 1 rings (SSSR count). The van der Waals surface area contributed by atoms with Gasteiger partial charge in [0.25, 0.3) is 0 Å². The van der Waals surface area contributed by atoms with Gasteiger partial charge in [0.1, 0.15) is 0 Å². The average molecular weight is 218 g/mol. The van der Waals surface area contributed by atoms with E-state index in [1.54, 1.807) is 0 Å². The monoisotopic (exact) mass is 218 g/mol. The molecule has 76 valence electrons. The van der Waals surface area contributed by atoms with E-state index in [2.05, 4.69) is 0 Å². The highest BCUT2D eigenvalue weighted by Gasteiger charge is 2.26. The fourth-order valence-electron chi connectivity index (χ4n) is 0.924. The summed E-state index contributed by atoms with van der Waals surface area (Å²) in [4.78, 5) is 0. The number of hydrogen-bond acceptors (Lipinski definition) is 1. The summed E-state index contributed by atoms with van der Waals surface area (Å²) in [7, 11) is 0. The van der Waals surface area contributed by atoms with Gasteiger partial charge in [-0.2, -0.15) is 13.2 Å². The Morgan fingerprint density at radius 1 is 1.14 bits per heavy atom. The summed E-state index contributed by atoms with van der Waals surface area (Å²) in [6.45, 7) is 0. The van der Waals surface area contributed by atoms with E-state index in [1.165, 1.54) is 6.08 Å². The number of thioether (sulfide) groups is 1. The maximum absolute atomic E-state index is 11.7. The normalized spacial score (nSPS) is 12.2. The quantitative estimate of drug-likeness (QED) is 0.739. The molecule has 0 saturated carbocycles. The molecule has 0 aromatic heterocycles. The van der Waals surface area contributed by atoms with Crippen molar-refractivity contribution in [2.24, 2.45) is 0 Å². The number of allylic oxidation sites excluding steroid dienone is 1. The predicted octanol–water partition coefficient (Wildman–Crippen LogP) is 4.00. The molecule has 0 fully saturated rings. The fourth-order valence-corrected chi connectivity index (χ4v) is 1.27. The lowest BCUT2D eigenvalue weighted by Gasteiger charge is -1.99. The minimum Gasteiger partial charge on any atom is -0.160 e. The van der Waals surface area contributed by atoms with Gasteiger partial charge in [0.2, 0.25) is 0 Å². The molecule has 0 spiro atoms. The molecular weight excluding hydrogens is 209 g/mol. The maximum Gasteiger partial charge on any atom is 0.445 e. The summed E-state index contributed by atoms with van der Waals surface area (Å²) in [5.74, 6) is 0. The standard InChI is InChI=1S/C10H9F3S/c11-10(12,13)14-8-4-7-9-5-2-1-3-6-9/h1-6,8H,7H2/b8-4+. The molecule has 1 aromatic rings. The van der Waals surface area contributed by atoms with Crippen LogP contribution in [0, 0.1) is 0 Å². The molecular formula is C10H9F3S. The molecule has 1 aromatic carbocycles. The van der Waals surface area contributed by atoms with Crippen molar-refractivity contribution in [2.45, 2.75) is 11.9 Å². The second kappa shape index (κ2) is 5.10. The first-order valence-electron chi connectivity index (χ1n) is 4.01. The van der Waals surface area contributed by atoms with Crippen LogP contribution < -0.4 is 0 Å². The molecule has 14 heavy (non-hydrogen) atoms. The Kier molecular flexibility index (Phi) is 4.07. The van der Waals surface area contributed by atoms with E-state index in [-0.39, 0.29) is 11.8 Å². The molecule has 0 radical (unpaired) electrons. The summed E-state index contributed by atoms with van der Waals surface area (Å²) < 4.78 is 35.1. The lowest BCUT2D eigenvalue weighted by molar-refractivity contribution is -0.0320. The van der Waals surface area contributed by atoms with Crippen molar-refractivity contribution >= 4 is 11.8 Å². The number of benzene rings is 1. The van der Waals surface area contributed by atoms with Gasteiger partial charge in [-0.3, -0.25) is 0 Å². The molecule has 0 amide bonds. The lowest BCUT2D eigenvalue weighted by Crippen LogP contribution is -1.96.